The molecule has 6 heteroatoms. The Hall–Kier alpha value is -1.82. The van der Waals surface area contributed by atoms with E-state index in [4.69, 9.17) is 5.11 Å². The van der Waals surface area contributed by atoms with Crippen molar-refractivity contribution < 1.29 is 14.7 Å². The number of nitrogens with one attached hydrogen (secondary N) is 2. The summed E-state index contributed by atoms with van der Waals surface area (Å²) in [5.74, 6) is -1.39. The number of fused-ring (bicyclic) bond motifs is 1. The summed E-state index contributed by atoms with van der Waals surface area (Å²) in [4.78, 5) is 25.2. The predicted molar refractivity (Wildman–Crippen MR) is 74.9 cm³/mol. The summed E-state index contributed by atoms with van der Waals surface area (Å²) in [6, 6.07) is 4.82. The number of carbonyl (C=O) groups excluding carboxylic acids is 1. The van der Waals surface area contributed by atoms with Crippen molar-refractivity contribution in [1.82, 2.24) is 10.3 Å². The monoisotopic (exact) mass is 324 g/mol. The Morgan fingerprint density at radius 3 is 2.84 bits per heavy atom. The van der Waals surface area contributed by atoms with Crippen LogP contribution >= 0.6 is 15.9 Å². The lowest BCUT2D eigenvalue weighted by atomic mass is 10.1. The van der Waals surface area contributed by atoms with Crippen molar-refractivity contribution in [2.75, 3.05) is 0 Å². The summed E-state index contributed by atoms with van der Waals surface area (Å²) < 4.78 is 0.949. The molecule has 0 radical (unpaired) electrons. The van der Waals surface area contributed by atoms with Crippen LogP contribution in [0.5, 0.6) is 0 Å². The van der Waals surface area contributed by atoms with Gasteiger partial charge in [0.25, 0.3) is 0 Å². The lowest BCUT2D eigenvalue weighted by molar-refractivity contribution is -0.141. The molecule has 0 unspecified atom stereocenters. The van der Waals surface area contributed by atoms with Crippen LogP contribution in [0.1, 0.15) is 12.5 Å². The van der Waals surface area contributed by atoms with E-state index in [2.05, 4.69) is 26.2 Å². The maximum absolute atomic E-state index is 11.1. The Morgan fingerprint density at radius 1 is 1.47 bits per heavy atom. The van der Waals surface area contributed by atoms with Crippen molar-refractivity contribution in [3.05, 3.63) is 34.4 Å². The number of hydrogen-bond donors (Lipinski definition) is 3. The van der Waals surface area contributed by atoms with E-state index in [0.29, 0.717) is 0 Å². The fourth-order valence-electron chi connectivity index (χ4n) is 1.99. The van der Waals surface area contributed by atoms with E-state index in [1.807, 2.05) is 18.2 Å². The second-order valence-corrected chi connectivity index (χ2v) is 5.21. The molecule has 0 fully saturated rings. The largest absolute Gasteiger partial charge is 0.480 e. The number of amides is 1. The molecule has 1 amide bonds. The molecule has 3 N–H and O–H groups in total. The Labute approximate surface area is 118 Å². The zero-order valence-corrected chi connectivity index (χ0v) is 11.8. The van der Waals surface area contributed by atoms with Gasteiger partial charge in [-0.1, -0.05) is 22.0 Å². The number of hydrogen-bond acceptors (Lipinski definition) is 2. The van der Waals surface area contributed by atoms with Crippen molar-refractivity contribution in [3.63, 3.8) is 0 Å². The maximum Gasteiger partial charge on any atom is 0.326 e. The molecule has 0 aliphatic heterocycles. The Morgan fingerprint density at radius 2 is 2.21 bits per heavy atom. The maximum atomic E-state index is 11.1. The first kappa shape index (κ1) is 13.6. The minimum atomic E-state index is -1.04. The van der Waals surface area contributed by atoms with Crippen LogP contribution in [0.25, 0.3) is 10.9 Å². The van der Waals surface area contributed by atoms with Crippen molar-refractivity contribution >= 4 is 38.7 Å². The number of aromatic nitrogens is 1. The first-order chi connectivity index (χ1) is 8.97. The zero-order chi connectivity index (χ0) is 14.0. The van der Waals surface area contributed by atoms with Crippen LogP contribution in [0.15, 0.2) is 28.9 Å². The number of carbonyl (C=O) groups is 2. The van der Waals surface area contributed by atoms with Crippen molar-refractivity contribution in [3.8, 4) is 0 Å². The number of aromatic amines is 1. The van der Waals surface area contributed by atoms with Crippen LogP contribution in [-0.4, -0.2) is 28.0 Å². The van der Waals surface area contributed by atoms with E-state index in [1.54, 1.807) is 6.20 Å². The Bertz CT molecular complexity index is 636. The topological polar surface area (TPSA) is 82.2 Å². The van der Waals surface area contributed by atoms with Gasteiger partial charge in [0.2, 0.25) is 5.91 Å². The van der Waals surface area contributed by atoms with E-state index in [9.17, 15) is 9.59 Å². The van der Waals surface area contributed by atoms with Gasteiger partial charge in [-0.15, -0.1) is 0 Å². The minimum Gasteiger partial charge on any atom is -0.480 e. The fraction of sp³-hybridized carbons (Fsp3) is 0.231. The average Bonchev–Trinajstić information content (AvgIpc) is 2.70. The summed E-state index contributed by atoms with van der Waals surface area (Å²) in [5.41, 5.74) is 1.79. The zero-order valence-electron chi connectivity index (χ0n) is 10.2. The van der Waals surface area contributed by atoms with Crippen LogP contribution in [0.4, 0.5) is 0 Å². The molecule has 100 valence electrons. The highest BCUT2D eigenvalue weighted by molar-refractivity contribution is 9.10. The highest BCUT2D eigenvalue weighted by Gasteiger charge is 2.20. The summed E-state index contributed by atoms with van der Waals surface area (Å²) >= 11 is 3.38. The lowest BCUT2D eigenvalue weighted by Crippen LogP contribution is -2.41. The molecule has 2 rings (SSSR count). The third-order valence-electron chi connectivity index (χ3n) is 2.83. The molecule has 1 atom stereocenters. The molecule has 0 saturated heterocycles. The van der Waals surface area contributed by atoms with Crippen LogP contribution in [0, 0.1) is 0 Å². The lowest BCUT2D eigenvalue weighted by Gasteiger charge is -2.12. The Balaban J connectivity index is 2.28. The molecular formula is C13H13BrN2O3. The number of halogens is 1. The van der Waals surface area contributed by atoms with Gasteiger partial charge in [0, 0.05) is 34.9 Å². The van der Waals surface area contributed by atoms with E-state index in [0.717, 1.165) is 20.9 Å². The number of aliphatic carboxylic acids is 1. The molecule has 0 aliphatic rings. The van der Waals surface area contributed by atoms with Gasteiger partial charge in [-0.05, 0) is 17.7 Å². The van der Waals surface area contributed by atoms with Crippen LogP contribution < -0.4 is 5.32 Å². The van der Waals surface area contributed by atoms with E-state index < -0.39 is 12.0 Å². The number of benzene rings is 1. The van der Waals surface area contributed by atoms with Crippen LogP contribution in [0.2, 0.25) is 0 Å². The smallest absolute Gasteiger partial charge is 0.326 e. The second-order valence-electron chi connectivity index (χ2n) is 4.30. The third-order valence-corrected chi connectivity index (χ3v) is 3.32. The van der Waals surface area contributed by atoms with Crippen molar-refractivity contribution in [2.24, 2.45) is 0 Å². The number of carboxylic acids is 1. The fourth-order valence-corrected chi connectivity index (χ4v) is 2.35. The molecule has 19 heavy (non-hydrogen) atoms. The summed E-state index contributed by atoms with van der Waals surface area (Å²) in [6.07, 6.45) is 2.02. The van der Waals surface area contributed by atoms with E-state index in [1.165, 1.54) is 6.92 Å². The van der Waals surface area contributed by atoms with Gasteiger partial charge in [-0.2, -0.15) is 0 Å². The molecule has 1 heterocycles. The van der Waals surface area contributed by atoms with E-state index >= 15 is 0 Å². The molecule has 0 spiro atoms. The average molecular weight is 325 g/mol. The standard InChI is InChI=1S/C13H13BrN2O3/c1-7(17)16-12(13(18)19)4-8-6-15-11-5-9(14)2-3-10(8)11/h2-3,5-6,12,15H,4H2,1H3,(H,16,17)(H,18,19)/t12-/m0/s1. The molecule has 2 aromatic rings. The van der Waals surface area contributed by atoms with Gasteiger partial charge in [0.05, 0.1) is 0 Å². The van der Waals surface area contributed by atoms with Gasteiger partial charge in [-0.3, -0.25) is 4.79 Å². The first-order valence-electron chi connectivity index (χ1n) is 5.73. The summed E-state index contributed by atoms with van der Waals surface area (Å²) in [5, 5.41) is 12.5. The predicted octanol–water partition coefficient (Wildman–Crippen LogP) is 2.06. The summed E-state index contributed by atoms with van der Waals surface area (Å²) in [7, 11) is 0. The quantitative estimate of drug-likeness (QED) is 0.805. The molecule has 0 aliphatic carbocycles. The van der Waals surface area contributed by atoms with Gasteiger partial charge in [0.15, 0.2) is 0 Å². The molecule has 5 nitrogen and oxygen atoms in total. The van der Waals surface area contributed by atoms with Gasteiger partial charge >= 0.3 is 5.97 Å². The van der Waals surface area contributed by atoms with Gasteiger partial charge in [0.1, 0.15) is 6.04 Å². The van der Waals surface area contributed by atoms with Gasteiger partial charge in [-0.25, -0.2) is 4.79 Å². The normalized spacial score (nSPS) is 12.3. The van der Waals surface area contributed by atoms with Crippen LogP contribution in [0.3, 0.4) is 0 Å². The highest BCUT2D eigenvalue weighted by Crippen LogP contribution is 2.23. The molecular weight excluding hydrogens is 312 g/mol. The van der Waals surface area contributed by atoms with Crippen LogP contribution in [-0.2, 0) is 16.0 Å². The van der Waals surface area contributed by atoms with Crippen molar-refractivity contribution in [1.29, 1.82) is 0 Å². The SMILES string of the molecule is CC(=O)N[C@@H](Cc1c[nH]c2cc(Br)ccc12)C(=O)O. The number of H-pyrrole nitrogens is 1. The number of rotatable bonds is 4. The molecule has 0 bridgehead atoms. The minimum absolute atomic E-state index is 0.247. The first-order valence-corrected chi connectivity index (χ1v) is 6.52. The summed E-state index contributed by atoms with van der Waals surface area (Å²) in [6.45, 7) is 1.31. The highest BCUT2D eigenvalue weighted by atomic mass is 79.9. The van der Waals surface area contributed by atoms with E-state index in [-0.39, 0.29) is 12.3 Å². The van der Waals surface area contributed by atoms with Crippen molar-refractivity contribution in [2.45, 2.75) is 19.4 Å². The molecule has 1 aromatic carbocycles. The molecule has 1 aromatic heterocycles. The third kappa shape index (κ3) is 3.14. The Kier molecular flexibility index (Phi) is 3.90. The van der Waals surface area contributed by atoms with Gasteiger partial charge < -0.3 is 15.4 Å². The number of carboxylic acid groups (broad SMARTS) is 1. The molecule has 0 saturated carbocycles. The second kappa shape index (κ2) is 5.44.